The zero-order valence-corrected chi connectivity index (χ0v) is 21.6. The van der Waals surface area contributed by atoms with E-state index >= 15 is 0 Å². The molecule has 0 radical (unpaired) electrons. The molecular weight excluding hydrogens is 410 g/mol. The zero-order valence-electron chi connectivity index (χ0n) is 21.6. The van der Waals surface area contributed by atoms with Crippen molar-refractivity contribution < 1.29 is 9.90 Å². The summed E-state index contributed by atoms with van der Waals surface area (Å²) in [6.45, 7) is 18.8. The lowest BCUT2D eigenvalue weighted by Gasteiger charge is -2.28. The third-order valence-electron chi connectivity index (χ3n) is 5.85. The Hall–Kier alpha value is -2.82. The van der Waals surface area contributed by atoms with Gasteiger partial charge in [0.1, 0.15) is 5.75 Å². The summed E-state index contributed by atoms with van der Waals surface area (Å²) in [5.74, 6) is 0.230. The molecule has 0 saturated heterocycles. The van der Waals surface area contributed by atoms with Crippen molar-refractivity contribution in [1.82, 2.24) is 5.43 Å². The molecule has 0 aromatic heterocycles. The Balaban J connectivity index is 2.03. The van der Waals surface area contributed by atoms with Crippen molar-refractivity contribution in [2.75, 3.05) is 18.0 Å². The van der Waals surface area contributed by atoms with Crippen molar-refractivity contribution in [3.63, 3.8) is 0 Å². The fourth-order valence-corrected chi connectivity index (χ4v) is 3.83. The van der Waals surface area contributed by atoms with E-state index in [-0.39, 0.29) is 16.7 Å². The minimum Gasteiger partial charge on any atom is -0.507 e. The lowest BCUT2D eigenvalue weighted by molar-refractivity contribution is -0.121. The van der Waals surface area contributed by atoms with E-state index < -0.39 is 0 Å². The zero-order chi connectivity index (χ0) is 24.8. The van der Waals surface area contributed by atoms with Gasteiger partial charge in [-0.1, -0.05) is 65.8 Å². The second kappa shape index (κ2) is 10.9. The number of hydrazone groups is 1. The maximum Gasteiger partial charge on any atom is 0.240 e. The molecule has 0 fully saturated rings. The molecule has 0 bridgehead atoms. The molecule has 2 rings (SSSR count). The molecule has 0 aliphatic rings. The first-order valence-corrected chi connectivity index (χ1v) is 11.9. The average molecular weight is 452 g/mol. The van der Waals surface area contributed by atoms with Crippen molar-refractivity contribution in [3.8, 4) is 5.75 Å². The Labute approximate surface area is 199 Å². The highest BCUT2D eigenvalue weighted by Crippen LogP contribution is 2.39. The number of rotatable bonds is 8. The van der Waals surface area contributed by atoms with Crippen molar-refractivity contribution in [2.24, 2.45) is 5.10 Å². The molecule has 0 unspecified atom stereocenters. The van der Waals surface area contributed by atoms with Crippen LogP contribution in [0.5, 0.6) is 5.75 Å². The van der Waals surface area contributed by atoms with Gasteiger partial charge in [-0.25, -0.2) is 5.43 Å². The van der Waals surface area contributed by atoms with Gasteiger partial charge in [0.15, 0.2) is 0 Å². The molecule has 0 aliphatic carbocycles. The second-order valence-electron chi connectivity index (χ2n) is 10.6. The summed E-state index contributed by atoms with van der Waals surface area (Å²) >= 11 is 0. The van der Waals surface area contributed by atoms with Gasteiger partial charge in [-0.2, -0.15) is 5.10 Å². The summed E-state index contributed by atoms with van der Waals surface area (Å²) in [7, 11) is 0. The number of hydrogen-bond donors (Lipinski definition) is 2. The summed E-state index contributed by atoms with van der Waals surface area (Å²) in [6, 6.07) is 12.2. The number of amides is 1. The van der Waals surface area contributed by atoms with Crippen LogP contribution in [0.25, 0.3) is 0 Å². The van der Waals surface area contributed by atoms with E-state index in [1.165, 1.54) is 5.69 Å². The molecule has 5 heteroatoms. The molecule has 180 valence electrons. The third kappa shape index (κ3) is 7.34. The first kappa shape index (κ1) is 26.4. The van der Waals surface area contributed by atoms with E-state index in [0.29, 0.717) is 18.6 Å². The number of nitrogens with one attached hydrogen (secondary N) is 1. The average Bonchev–Trinajstić information content (AvgIpc) is 2.73. The van der Waals surface area contributed by atoms with Gasteiger partial charge in [0.25, 0.3) is 0 Å². The van der Waals surface area contributed by atoms with Crippen molar-refractivity contribution in [3.05, 3.63) is 58.7 Å². The van der Waals surface area contributed by atoms with Gasteiger partial charge in [-0.3, -0.25) is 4.79 Å². The molecule has 2 aromatic rings. The predicted molar refractivity (Wildman–Crippen MR) is 140 cm³/mol. The number of aromatic hydroxyl groups is 1. The van der Waals surface area contributed by atoms with Crippen molar-refractivity contribution in [1.29, 1.82) is 0 Å². The van der Waals surface area contributed by atoms with Crippen molar-refractivity contribution in [2.45, 2.75) is 79.1 Å². The molecular formula is C28H41N3O2. The smallest absolute Gasteiger partial charge is 0.240 e. The minimum absolute atomic E-state index is 0.131. The van der Waals surface area contributed by atoms with Gasteiger partial charge in [0.05, 0.1) is 6.21 Å². The van der Waals surface area contributed by atoms with Crippen LogP contribution in [0.3, 0.4) is 0 Å². The van der Waals surface area contributed by atoms with Gasteiger partial charge in [-0.05, 0) is 65.5 Å². The van der Waals surface area contributed by atoms with Crippen LogP contribution in [-0.2, 0) is 22.0 Å². The third-order valence-corrected chi connectivity index (χ3v) is 5.85. The summed E-state index contributed by atoms with van der Waals surface area (Å²) in [5.41, 5.74) is 7.25. The van der Waals surface area contributed by atoms with Crippen LogP contribution in [0.4, 0.5) is 5.69 Å². The van der Waals surface area contributed by atoms with E-state index in [2.05, 4.69) is 82.9 Å². The van der Waals surface area contributed by atoms with Gasteiger partial charge < -0.3 is 10.0 Å². The second-order valence-corrected chi connectivity index (χ2v) is 10.6. The summed E-state index contributed by atoms with van der Waals surface area (Å²) in [5, 5.41) is 15.0. The lowest BCUT2D eigenvalue weighted by atomic mass is 9.78. The normalized spacial score (nSPS) is 12.2. The minimum atomic E-state index is -0.187. The van der Waals surface area contributed by atoms with Gasteiger partial charge in [0.2, 0.25) is 5.91 Å². The molecule has 0 aliphatic heterocycles. The Morgan fingerprint density at radius 3 is 1.94 bits per heavy atom. The lowest BCUT2D eigenvalue weighted by Crippen LogP contribution is -2.21. The van der Waals surface area contributed by atoms with Crippen LogP contribution < -0.4 is 10.3 Å². The summed E-state index contributed by atoms with van der Waals surface area (Å²) in [4.78, 5) is 14.7. The summed E-state index contributed by atoms with van der Waals surface area (Å²) in [6.07, 6.45) is 2.59. The Morgan fingerprint density at radius 1 is 0.970 bits per heavy atom. The van der Waals surface area contributed by atoms with E-state index in [1.807, 2.05) is 24.3 Å². The number of hydrogen-bond acceptors (Lipinski definition) is 4. The van der Waals surface area contributed by atoms with Crippen LogP contribution in [-0.4, -0.2) is 30.3 Å². The number of carbonyl (C=O) groups excluding carboxylic acids is 1. The first-order valence-electron chi connectivity index (χ1n) is 11.9. The molecule has 0 spiro atoms. The monoisotopic (exact) mass is 451 g/mol. The topological polar surface area (TPSA) is 64.9 Å². The fraction of sp³-hybridized carbons (Fsp3) is 0.500. The summed E-state index contributed by atoms with van der Waals surface area (Å²) < 4.78 is 0. The van der Waals surface area contributed by atoms with Crippen LogP contribution in [0.15, 0.2) is 41.5 Å². The van der Waals surface area contributed by atoms with Crippen LogP contribution >= 0.6 is 0 Å². The Bertz CT molecular complexity index is 925. The van der Waals surface area contributed by atoms with Crippen LogP contribution in [0.1, 0.15) is 84.1 Å². The standard InChI is InChI=1S/C28H41N3O2/c1-9-31(10-2)22-14-11-20(12-15-22)19-29-30-25(32)16-13-21-17-23(27(3,4)5)26(33)24(18-21)28(6,7)8/h11-12,14-15,17-19,33H,9-10,13,16H2,1-8H3,(H,30,32). The number of benzene rings is 2. The molecule has 33 heavy (non-hydrogen) atoms. The number of nitrogens with zero attached hydrogens (tertiary/aromatic N) is 2. The number of anilines is 1. The van der Waals surface area contributed by atoms with E-state index in [0.717, 1.165) is 35.3 Å². The molecule has 1 amide bonds. The molecule has 0 saturated carbocycles. The van der Waals surface area contributed by atoms with E-state index in [1.54, 1.807) is 6.21 Å². The fourth-order valence-electron chi connectivity index (χ4n) is 3.83. The van der Waals surface area contributed by atoms with Crippen LogP contribution in [0, 0.1) is 0 Å². The number of phenols is 1. The number of phenolic OH excluding ortho intramolecular Hbond substituents is 1. The largest absolute Gasteiger partial charge is 0.507 e. The Morgan fingerprint density at radius 2 is 1.48 bits per heavy atom. The quantitative estimate of drug-likeness (QED) is 0.387. The maximum absolute atomic E-state index is 12.4. The van der Waals surface area contributed by atoms with Gasteiger partial charge in [0, 0.05) is 25.2 Å². The molecule has 5 nitrogen and oxygen atoms in total. The van der Waals surface area contributed by atoms with Crippen molar-refractivity contribution >= 4 is 17.8 Å². The van der Waals surface area contributed by atoms with Crippen LogP contribution in [0.2, 0.25) is 0 Å². The predicted octanol–water partition coefficient (Wildman–Crippen LogP) is 5.92. The number of carbonyl (C=O) groups is 1. The molecule has 0 heterocycles. The van der Waals surface area contributed by atoms with E-state index in [4.69, 9.17) is 0 Å². The first-order chi connectivity index (χ1) is 15.4. The molecule has 2 N–H and O–H groups in total. The highest BCUT2D eigenvalue weighted by Gasteiger charge is 2.26. The molecule has 2 aromatic carbocycles. The van der Waals surface area contributed by atoms with Gasteiger partial charge >= 0.3 is 0 Å². The van der Waals surface area contributed by atoms with E-state index in [9.17, 15) is 9.90 Å². The maximum atomic E-state index is 12.4. The number of aryl methyl sites for hydroxylation is 1. The highest BCUT2D eigenvalue weighted by molar-refractivity contribution is 5.83. The van der Waals surface area contributed by atoms with Gasteiger partial charge in [-0.15, -0.1) is 0 Å². The SMILES string of the molecule is CCN(CC)c1ccc(C=NNC(=O)CCc2cc(C(C)(C)C)c(O)c(C(C)(C)C)c2)cc1. The highest BCUT2D eigenvalue weighted by atomic mass is 16.3. The Kier molecular flexibility index (Phi) is 8.70. The molecule has 0 atom stereocenters.